The highest BCUT2D eigenvalue weighted by Crippen LogP contribution is 2.29. The standard InChI is InChI=1S/C24H19N3O2S/c1-2-29-22-14-8-7-13-21(22)27-23(28)19-11-5-6-12-20(19)26-24(27)30-16-18-10-4-3-9-17(18)15-25/h3-14H,2,16H2,1H3. The van der Waals surface area contributed by atoms with E-state index in [4.69, 9.17) is 9.72 Å². The van der Waals surface area contributed by atoms with E-state index in [1.807, 2.05) is 67.6 Å². The molecule has 0 aliphatic carbocycles. The summed E-state index contributed by atoms with van der Waals surface area (Å²) in [4.78, 5) is 18.2. The number of aromatic nitrogens is 2. The van der Waals surface area contributed by atoms with Crippen LogP contribution in [0.5, 0.6) is 5.75 Å². The second-order valence-electron chi connectivity index (χ2n) is 6.51. The van der Waals surface area contributed by atoms with Gasteiger partial charge in [-0.25, -0.2) is 4.98 Å². The number of thioether (sulfide) groups is 1. The van der Waals surface area contributed by atoms with Gasteiger partial charge in [-0.2, -0.15) is 5.26 Å². The van der Waals surface area contributed by atoms with Gasteiger partial charge in [-0.05, 0) is 42.8 Å². The van der Waals surface area contributed by atoms with E-state index in [1.165, 1.54) is 11.8 Å². The van der Waals surface area contributed by atoms with E-state index in [0.29, 0.717) is 45.4 Å². The molecule has 0 spiro atoms. The van der Waals surface area contributed by atoms with Gasteiger partial charge in [0.05, 0.1) is 34.8 Å². The Bertz CT molecular complexity index is 1310. The predicted molar refractivity (Wildman–Crippen MR) is 119 cm³/mol. The smallest absolute Gasteiger partial charge is 0.266 e. The van der Waals surface area contributed by atoms with Gasteiger partial charge in [0.15, 0.2) is 5.16 Å². The van der Waals surface area contributed by atoms with Crippen molar-refractivity contribution in [1.29, 1.82) is 5.26 Å². The Labute approximate surface area is 178 Å². The Hall–Kier alpha value is -3.56. The van der Waals surface area contributed by atoms with Crippen LogP contribution in [0, 0.1) is 11.3 Å². The lowest BCUT2D eigenvalue weighted by Gasteiger charge is -2.16. The molecule has 0 aliphatic heterocycles. The maximum absolute atomic E-state index is 13.4. The first-order valence-electron chi connectivity index (χ1n) is 9.57. The Morgan fingerprint density at radius 2 is 1.77 bits per heavy atom. The van der Waals surface area contributed by atoms with E-state index >= 15 is 0 Å². The van der Waals surface area contributed by atoms with Crippen molar-refractivity contribution in [2.75, 3.05) is 6.61 Å². The molecule has 4 aromatic rings. The zero-order chi connectivity index (χ0) is 20.9. The average molecular weight is 414 g/mol. The summed E-state index contributed by atoms with van der Waals surface area (Å²) in [6.07, 6.45) is 0. The minimum atomic E-state index is -0.149. The van der Waals surface area contributed by atoms with Gasteiger partial charge < -0.3 is 4.74 Å². The van der Waals surface area contributed by atoms with Crippen molar-refractivity contribution >= 4 is 22.7 Å². The molecule has 0 unspecified atom stereocenters. The molecule has 3 aromatic carbocycles. The van der Waals surface area contributed by atoms with Crippen LogP contribution in [0.25, 0.3) is 16.6 Å². The molecule has 0 saturated heterocycles. The topological polar surface area (TPSA) is 67.9 Å². The lowest BCUT2D eigenvalue weighted by molar-refractivity contribution is 0.338. The number of hydrogen-bond donors (Lipinski definition) is 0. The minimum Gasteiger partial charge on any atom is -0.492 e. The minimum absolute atomic E-state index is 0.149. The Kier molecular flexibility index (Phi) is 5.82. The molecular weight excluding hydrogens is 394 g/mol. The maximum Gasteiger partial charge on any atom is 0.266 e. The van der Waals surface area contributed by atoms with Crippen LogP contribution in [0.3, 0.4) is 0 Å². The number of rotatable bonds is 6. The summed E-state index contributed by atoms with van der Waals surface area (Å²) in [5.41, 5.74) is 2.66. The van der Waals surface area contributed by atoms with Crippen LogP contribution in [0.2, 0.25) is 0 Å². The van der Waals surface area contributed by atoms with Gasteiger partial charge in [0, 0.05) is 5.75 Å². The number of fused-ring (bicyclic) bond motifs is 1. The fourth-order valence-electron chi connectivity index (χ4n) is 3.24. The van der Waals surface area contributed by atoms with E-state index < -0.39 is 0 Å². The normalized spacial score (nSPS) is 10.7. The van der Waals surface area contributed by atoms with E-state index in [2.05, 4.69) is 6.07 Å². The highest BCUT2D eigenvalue weighted by atomic mass is 32.2. The molecule has 148 valence electrons. The zero-order valence-corrected chi connectivity index (χ0v) is 17.2. The summed E-state index contributed by atoms with van der Waals surface area (Å²) in [6.45, 7) is 2.40. The van der Waals surface area contributed by atoms with Crippen LogP contribution in [0.15, 0.2) is 82.7 Å². The van der Waals surface area contributed by atoms with Crippen molar-refractivity contribution in [3.8, 4) is 17.5 Å². The molecule has 0 N–H and O–H groups in total. The number of nitrogens with zero attached hydrogens (tertiary/aromatic N) is 3. The Morgan fingerprint density at radius 3 is 2.60 bits per heavy atom. The Balaban J connectivity index is 1.87. The van der Waals surface area contributed by atoms with Crippen LogP contribution < -0.4 is 10.3 Å². The third-order valence-electron chi connectivity index (χ3n) is 4.65. The lowest BCUT2D eigenvalue weighted by atomic mass is 10.1. The van der Waals surface area contributed by atoms with Crippen LogP contribution in [-0.2, 0) is 5.75 Å². The molecule has 0 saturated carbocycles. The molecule has 1 aromatic heterocycles. The summed E-state index contributed by atoms with van der Waals surface area (Å²) in [5, 5.41) is 10.5. The third kappa shape index (κ3) is 3.80. The fraction of sp³-hybridized carbons (Fsp3) is 0.125. The first kappa shape index (κ1) is 19.7. The molecule has 0 atom stereocenters. The molecule has 4 rings (SSSR count). The van der Waals surface area contributed by atoms with Crippen molar-refractivity contribution in [3.63, 3.8) is 0 Å². The largest absolute Gasteiger partial charge is 0.492 e. The van der Waals surface area contributed by atoms with Crippen LogP contribution in [-0.4, -0.2) is 16.2 Å². The van der Waals surface area contributed by atoms with E-state index in [-0.39, 0.29) is 5.56 Å². The lowest BCUT2D eigenvalue weighted by Crippen LogP contribution is -2.22. The van der Waals surface area contributed by atoms with E-state index in [1.54, 1.807) is 16.7 Å². The van der Waals surface area contributed by atoms with Crippen LogP contribution >= 0.6 is 11.8 Å². The van der Waals surface area contributed by atoms with Gasteiger partial charge in [-0.3, -0.25) is 9.36 Å². The van der Waals surface area contributed by atoms with Gasteiger partial charge in [0.2, 0.25) is 0 Å². The van der Waals surface area contributed by atoms with Gasteiger partial charge in [0.1, 0.15) is 5.75 Å². The van der Waals surface area contributed by atoms with Crippen molar-refractivity contribution in [1.82, 2.24) is 9.55 Å². The number of para-hydroxylation sites is 3. The van der Waals surface area contributed by atoms with Gasteiger partial charge >= 0.3 is 0 Å². The molecule has 5 nitrogen and oxygen atoms in total. The Morgan fingerprint density at radius 1 is 1.03 bits per heavy atom. The molecule has 0 amide bonds. The first-order valence-corrected chi connectivity index (χ1v) is 10.6. The molecular formula is C24H19N3O2S. The average Bonchev–Trinajstić information content (AvgIpc) is 2.79. The molecule has 1 heterocycles. The van der Waals surface area contributed by atoms with Gasteiger partial charge in [0.25, 0.3) is 5.56 Å². The summed E-state index contributed by atoms with van der Waals surface area (Å²) >= 11 is 1.43. The molecule has 0 radical (unpaired) electrons. The number of nitriles is 1. The monoisotopic (exact) mass is 413 g/mol. The van der Waals surface area contributed by atoms with Crippen LogP contribution in [0.1, 0.15) is 18.1 Å². The number of benzene rings is 3. The summed E-state index contributed by atoms with van der Waals surface area (Å²) in [5.74, 6) is 1.14. The third-order valence-corrected chi connectivity index (χ3v) is 5.63. The molecule has 0 fully saturated rings. The van der Waals surface area contributed by atoms with Gasteiger partial charge in [-0.15, -0.1) is 0 Å². The molecule has 0 bridgehead atoms. The van der Waals surface area contributed by atoms with Crippen molar-refractivity contribution in [2.24, 2.45) is 0 Å². The molecule has 6 heteroatoms. The fourth-order valence-corrected chi connectivity index (χ4v) is 4.25. The van der Waals surface area contributed by atoms with Gasteiger partial charge in [-0.1, -0.05) is 54.2 Å². The summed E-state index contributed by atoms with van der Waals surface area (Å²) < 4.78 is 7.38. The van der Waals surface area contributed by atoms with Crippen molar-refractivity contribution in [2.45, 2.75) is 17.8 Å². The summed E-state index contributed by atoms with van der Waals surface area (Å²) in [6, 6.07) is 24.5. The van der Waals surface area contributed by atoms with Crippen LogP contribution in [0.4, 0.5) is 0 Å². The SMILES string of the molecule is CCOc1ccccc1-n1c(SCc2ccccc2C#N)nc2ccccc2c1=O. The maximum atomic E-state index is 13.4. The van der Waals surface area contributed by atoms with Crippen molar-refractivity contribution < 1.29 is 4.74 Å². The highest BCUT2D eigenvalue weighted by Gasteiger charge is 2.17. The number of ether oxygens (including phenoxy) is 1. The summed E-state index contributed by atoms with van der Waals surface area (Å²) in [7, 11) is 0. The molecule has 0 aliphatic rings. The zero-order valence-electron chi connectivity index (χ0n) is 16.4. The quantitative estimate of drug-likeness (QED) is 0.330. The number of hydrogen-bond acceptors (Lipinski definition) is 5. The highest BCUT2D eigenvalue weighted by molar-refractivity contribution is 7.98. The van der Waals surface area contributed by atoms with Crippen molar-refractivity contribution in [3.05, 3.63) is 94.3 Å². The molecule has 30 heavy (non-hydrogen) atoms. The first-order chi connectivity index (χ1) is 14.7. The van der Waals surface area contributed by atoms with E-state index in [0.717, 1.165) is 5.56 Å². The second-order valence-corrected chi connectivity index (χ2v) is 7.45. The van der Waals surface area contributed by atoms with E-state index in [9.17, 15) is 10.1 Å². The predicted octanol–water partition coefficient (Wildman–Crippen LogP) is 4.95. The second kappa shape index (κ2) is 8.85.